The number of para-hydroxylation sites is 1. The van der Waals surface area contributed by atoms with Crippen molar-refractivity contribution in [1.82, 2.24) is 0 Å². The van der Waals surface area contributed by atoms with Crippen LogP contribution < -0.4 is 9.47 Å². The minimum Gasteiger partial charge on any atom is -0.493 e. The fourth-order valence-electron chi connectivity index (χ4n) is 4.04. The van der Waals surface area contributed by atoms with E-state index in [9.17, 15) is 0 Å². The number of fused-ring (bicyclic) bond motifs is 1. The average Bonchev–Trinajstić information content (AvgIpc) is 2.76. The Hall–Kier alpha value is -2.52. The molecule has 3 aromatic rings. The summed E-state index contributed by atoms with van der Waals surface area (Å²) in [6.45, 7) is 1.15. The number of aliphatic hydroxyl groups excluding tert-OH is 1. The van der Waals surface area contributed by atoms with E-state index < -0.39 is 0 Å². The molecule has 0 aromatic heterocycles. The summed E-state index contributed by atoms with van der Waals surface area (Å²) in [6, 6.07) is 20.8. The second kappa shape index (κ2) is 9.11. The summed E-state index contributed by atoms with van der Waals surface area (Å²) >= 11 is 0. The first kappa shape index (κ1) is 18.8. The smallest absolute Gasteiger partial charge is 0.127 e. The lowest BCUT2D eigenvalue weighted by molar-refractivity contribution is 0.201. The van der Waals surface area contributed by atoms with Crippen LogP contribution in [0.2, 0.25) is 0 Å². The van der Waals surface area contributed by atoms with Gasteiger partial charge in [0.05, 0.1) is 13.2 Å². The zero-order valence-electron chi connectivity index (χ0n) is 16.3. The molecule has 3 nitrogen and oxygen atoms in total. The van der Waals surface area contributed by atoms with Crippen molar-refractivity contribution in [3.05, 3.63) is 60.7 Å². The van der Waals surface area contributed by atoms with Crippen LogP contribution in [0.5, 0.6) is 11.5 Å². The molecule has 0 saturated heterocycles. The Labute approximate surface area is 166 Å². The Morgan fingerprint density at radius 3 is 2.46 bits per heavy atom. The zero-order valence-corrected chi connectivity index (χ0v) is 16.3. The average molecular weight is 376 g/mol. The third kappa shape index (κ3) is 4.48. The lowest BCUT2D eigenvalue weighted by Crippen LogP contribution is -2.15. The molecule has 0 bridgehead atoms. The molecule has 0 unspecified atom stereocenters. The van der Waals surface area contributed by atoms with Crippen LogP contribution in [-0.2, 0) is 0 Å². The SMILES string of the molecule is OCCOc1ccc2cc(-c3ccccc3OCC3CCCCC3)ccc2c1. The van der Waals surface area contributed by atoms with E-state index in [0.29, 0.717) is 12.5 Å². The van der Waals surface area contributed by atoms with Gasteiger partial charge in [-0.3, -0.25) is 0 Å². The first-order valence-corrected chi connectivity index (χ1v) is 10.3. The standard InChI is InChI=1S/C25H28O3/c26-14-15-27-23-13-12-20-16-22(11-10-21(20)17-23)24-8-4-5-9-25(24)28-18-19-6-2-1-3-7-19/h4-5,8-13,16-17,19,26H,1-3,6-7,14-15,18H2. The fourth-order valence-corrected chi connectivity index (χ4v) is 4.04. The van der Waals surface area contributed by atoms with Gasteiger partial charge in [0.25, 0.3) is 0 Å². The van der Waals surface area contributed by atoms with Gasteiger partial charge in [0, 0.05) is 5.56 Å². The molecule has 0 heterocycles. The van der Waals surface area contributed by atoms with Crippen molar-refractivity contribution in [2.75, 3.05) is 19.8 Å². The highest BCUT2D eigenvalue weighted by atomic mass is 16.5. The summed E-state index contributed by atoms with van der Waals surface area (Å²) in [6.07, 6.45) is 6.63. The van der Waals surface area contributed by atoms with Gasteiger partial charge in [0.15, 0.2) is 0 Å². The van der Waals surface area contributed by atoms with Gasteiger partial charge in [-0.05, 0) is 59.4 Å². The van der Waals surface area contributed by atoms with Crippen LogP contribution >= 0.6 is 0 Å². The maximum atomic E-state index is 8.92. The molecule has 28 heavy (non-hydrogen) atoms. The topological polar surface area (TPSA) is 38.7 Å². The van der Waals surface area contributed by atoms with E-state index in [1.807, 2.05) is 18.2 Å². The molecule has 1 N–H and O–H groups in total. The van der Waals surface area contributed by atoms with E-state index >= 15 is 0 Å². The van der Waals surface area contributed by atoms with E-state index in [1.54, 1.807) is 0 Å². The highest BCUT2D eigenvalue weighted by molar-refractivity contribution is 5.89. The number of rotatable bonds is 7. The quantitative estimate of drug-likeness (QED) is 0.563. The van der Waals surface area contributed by atoms with Crippen molar-refractivity contribution >= 4 is 10.8 Å². The highest BCUT2D eigenvalue weighted by Gasteiger charge is 2.15. The summed E-state index contributed by atoms with van der Waals surface area (Å²) in [4.78, 5) is 0. The second-order valence-corrected chi connectivity index (χ2v) is 7.61. The number of ether oxygens (including phenoxy) is 2. The third-order valence-corrected chi connectivity index (χ3v) is 5.57. The van der Waals surface area contributed by atoms with Crippen LogP contribution in [-0.4, -0.2) is 24.9 Å². The number of benzene rings is 3. The first-order chi connectivity index (χ1) is 13.8. The molecule has 0 amide bonds. The van der Waals surface area contributed by atoms with Crippen LogP contribution in [0, 0.1) is 5.92 Å². The third-order valence-electron chi connectivity index (χ3n) is 5.57. The Kier molecular flexibility index (Phi) is 6.13. The summed E-state index contributed by atoms with van der Waals surface area (Å²) in [7, 11) is 0. The molecule has 1 aliphatic carbocycles. The summed E-state index contributed by atoms with van der Waals surface area (Å²) in [5, 5.41) is 11.2. The number of hydrogen-bond donors (Lipinski definition) is 1. The van der Waals surface area contributed by atoms with E-state index in [4.69, 9.17) is 14.6 Å². The number of hydrogen-bond acceptors (Lipinski definition) is 3. The Morgan fingerprint density at radius 2 is 1.61 bits per heavy atom. The fraction of sp³-hybridized carbons (Fsp3) is 0.360. The van der Waals surface area contributed by atoms with Gasteiger partial charge in [-0.2, -0.15) is 0 Å². The molecule has 3 heteroatoms. The van der Waals surface area contributed by atoms with Crippen molar-refractivity contribution in [3.8, 4) is 22.6 Å². The van der Waals surface area contributed by atoms with Crippen molar-refractivity contribution < 1.29 is 14.6 Å². The van der Waals surface area contributed by atoms with E-state index in [2.05, 4.69) is 42.5 Å². The van der Waals surface area contributed by atoms with Gasteiger partial charge in [0.2, 0.25) is 0 Å². The predicted octanol–water partition coefficient (Wildman–Crippen LogP) is 5.84. The minimum absolute atomic E-state index is 0.0224. The van der Waals surface area contributed by atoms with Gasteiger partial charge < -0.3 is 14.6 Å². The maximum absolute atomic E-state index is 8.92. The molecule has 3 aromatic carbocycles. The maximum Gasteiger partial charge on any atom is 0.127 e. The molecule has 1 aliphatic rings. The minimum atomic E-state index is 0.0224. The molecule has 4 rings (SSSR count). The van der Waals surface area contributed by atoms with Crippen molar-refractivity contribution in [2.24, 2.45) is 5.92 Å². The molecular formula is C25H28O3. The Balaban J connectivity index is 1.55. The van der Waals surface area contributed by atoms with Crippen LogP contribution in [0.25, 0.3) is 21.9 Å². The lowest BCUT2D eigenvalue weighted by atomic mass is 9.90. The Bertz CT molecular complexity index is 913. The molecule has 146 valence electrons. The Morgan fingerprint density at radius 1 is 0.821 bits per heavy atom. The summed E-state index contributed by atoms with van der Waals surface area (Å²) in [5.41, 5.74) is 2.30. The van der Waals surface area contributed by atoms with E-state index in [-0.39, 0.29) is 6.61 Å². The largest absolute Gasteiger partial charge is 0.493 e. The summed E-state index contributed by atoms with van der Waals surface area (Å²) < 4.78 is 11.8. The van der Waals surface area contributed by atoms with E-state index in [1.165, 1.54) is 32.1 Å². The molecule has 0 atom stereocenters. The first-order valence-electron chi connectivity index (χ1n) is 10.3. The van der Waals surface area contributed by atoms with Gasteiger partial charge >= 0.3 is 0 Å². The van der Waals surface area contributed by atoms with Crippen LogP contribution in [0.3, 0.4) is 0 Å². The monoisotopic (exact) mass is 376 g/mol. The molecular weight excluding hydrogens is 348 g/mol. The van der Waals surface area contributed by atoms with Gasteiger partial charge in [-0.25, -0.2) is 0 Å². The van der Waals surface area contributed by atoms with Crippen molar-refractivity contribution in [3.63, 3.8) is 0 Å². The molecule has 1 fully saturated rings. The van der Waals surface area contributed by atoms with Gasteiger partial charge in [-0.15, -0.1) is 0 Å². The lowest BCUT2D eigenvalue weighted by Gasteiger charge is -2.22. The van der Waals surface area contributed by atoms with Crippen LogP contribution in [0.1, 0.15) is 32.1 Å². The van der Waals surface area contributed by atoms with Crippen LogP contribution in [0.15, 0.2) is 60.7 Å². The highest BCUT2D eigenvalue weighted by Crippen LogP contribution is 2.34. The summed E-state index contributed by atoms with van der Waals surface area (Å²) in [5.74, 6) is 2.44. The van der Waals surface area contributed by atoms with Crippen molar-refractivity contribution in [1.29, 1.82) is 0 Å². The molecule has 0 spiro atoms. The van der Waals surface area contributed by atoms with Crippen LogP contribution in [0.4, 0.5) is 0 Å². The molecule has 0 radical (unpaired) electrons. The predicted molar refractivity (Wildman–Crippen MR) is 114 cm³/mol. The number of aliphatic hydroxyl groups is 1. The normalized spacial score (nSPS) is 14.9. The van der Waals surface area contributed by atoms with Gasteiger partial charge in [0.1, 0.15) is 18.1 Å². The zero-order chi connectivity index (χ0) is 19.2. The molecule has 0 aliphatic heterocycles. The molecule has 1 saturated carbocycles. The second-order valence-electron chi connectivity index (χ2n) is 7.61. The van der Waals surface area contributed by atoms with E-state index in [0.717, 1.165) is 40.0 Å². The van der Waals surface area contributed by atoms with Crippen molar-refractivity contribution in [2.45, 2.75) is 32.1 Å². The van der Waals surface area contributed by atoms with Gasteiger partial charge in [-0.1, -0.05) is 55.7 Å².